The van der Waals surface area contributed by atoms with Crippen LogP contribution in [0.1, 0.15) is 29.9 Å². The van der Waals surface area contributed by atoms with Crippen LogP contribution in [0, 0.1) is 0 Å². The molecule has 0 atom stereocenters. The van der Waals surface area contributed by atoms with Gasteiger partial charge in [0.2, 0.25) is 0 Å². The lowest BCUT2D eigenvalue weighted by molar-refractivity contribution is -0.135. The molecule has 0 radical (unpaired) electrons. The van der Waals surface area contributed by atoms with Gasteiger partial charge in [-0.15, -0.1) is 0 Å². The quantitative estimate of drug-likeness (QED) is 0.0687. The molecule has 1 amide bonds. The van der Waals surface area contributed by atoms with E-state index in [2.05, 4.69) is 10.2 Å². The molecule has 5 N–H and O–H groups in total. The zero-order valence-electron chi connectivity index (χ0n) is 27.7. The number of allylic oxidation sites excluding steroid dienone is 4. The molecule has 0 saturated heterocycles. The normalized spacial score (nSPS) is 14.9. The second-order valence-corrected chi connectivity index (χ2v) is 16.2. The molecule has 0 spiro atoms. The largest absolute Gasteiger partial charge is 0.461 e. The van der Waals surface area contributed by atoms with Crippen LogP contribution < -0.4 is 10.6 Å². The predicted molar refractivity (Wildman–Crippen MR) is 186 cm³/mol. The van der Waals surface area contributed by atoms with Crippen molar-refractivity contribution >= 4 is 75.8 Å². The van der Waals surface area contributed by atoms with Gasteiger partial charge in [0, 0.05) is 0 Å². The Hall–Kier alpha value is -5.61. The summed E-state index contributed by atoms with van der Waals surface area (Å²) in [5.74, 6) is -3.62. The summed E-state index contributed by atoms with van der Waals surface area (Å²) < 4.78 is 144. The molecular formula is C29H26N4O18S4. The van der Waals surface area contributed by atoms with E-state index in [1.54, 1.807) is 0 Å². The summed E-state index contributed by atoms with van der Waals surface area (Å²) in [5.41, 5.74) is -5.35. The van der Waals surface area contributed by atoms with Crippen LogP contribution in [-0.4, -0.2) is 98.4 Å². The number of carbonyl (C=O) groups is 3. The highest BCUT2D eigenvalue weighted by Gasteiger charge is 2.38. The zero-order valence-corrected chi connectivity index (χ0v) is 31.0. The maximum absolute atomic E-state index is 13.5. The van der Waals surface area contributed by atoms with E-state index < -0.39 is 117 Å². The number of hydrogen-bond donors (Lipinski definition) is 5. The second-order valence-electron chi connectivity index (χ2n) is 10.5. The number of hydrazone groups is 1. The van der Waals surface area contributed by atoms with Crippen molar-refractivity contribution < 1.29 is 75.7 Å². The van der Waals surface area contributed by atoms with E-state index in [0.717, 1.165) is 30.4 Å². The molecule has 3 aromatic rings. The SMILES string of the molecule is CCOC(=O)C1=NN(c2cc(S(=O)(=O)O)ccc2S(=O)(=O)O)C(=O)/C1=C\C=CC=Cc1c(C(=O)OCC)[nH]n(-c2cc(S(=O)(=O)O)ccc2S(=O)(=O)O)c1=O. The molecule has 0 fully saturated rings. The van der Waals surface area contributed by atoms with Gasteiger partial charge in [-0.3, -0.25) is 32.9 Å². The molecule has 1 aromatic heterocycles. The minimum Gasteiger partial charge on any atom is -0.461 e. The molecule has 1 aliphatic heterocycles. The molecule has 2 heterocycles. The summed E-state index contributed by atoms with van der Waals surface area (Å²) in [5, 5.41) is 6.29. The number of nitrogens with zero attached hydrogens (tertiary/aromatic N) is 3. The number of amides is 1. The lowest BCUT2D eigenvalue weighted by atomic mass is 10.1. The van der Waals surface area contributed by atoms with E-state index in [1.807, 2.05) is 0 Å². The minimum absolute atomic E-state index is 0.210. The minimum atomic E-state index is -5.17. The molecule has 0 aliphatic carbocycles. The van der Waals surface area contributed by atoms with Crippen molar-refractivity contribution in [3.05, 3.63) is 87.9 Å². The molecule has 0 unspecified atom stereocenters. The van der Waals surface area contributed by atoms with Crippen LogP contribution in [0.4, 0.5) is 5.69 Å². The highest BCUT2D eigenvalue weighted by atomic mass is 32.2. The van der Waals surface area contributed by atoms with Crippen LogP contribution in [0.5, 0.6) is 0 Å². The summed E-state index contributed by atoms with van der Waals surface area (Å²) in [6.07, 6.45) is 5.18. The van der Waals surface area contributed by atoms with Gasteiger partial charge in [-0.1, -0.05) is 18.2 Å². The van der Waals surface area contributed by atoms with E-state index in [-0.39, 0.29) is 18.2 Å². The highest BCUT2D eigenvalue weighted by Crippen LogP contribution is 2.33. The Kier molecular flexibility index (Phi) is 12.0. The third-order valence-corrected chi connectivity index (χ3v) is 10.5. The van der Waals surface area contributed by atoms with Crippen LogP contribution in [-0.2, 0) is 59.5 Å². The number of carbonyl (C=O) groups excluding carboxylic acids is 3. The Balaban J connectivity index is 1.82. The van der Waals surface area contributed by atoms with Gasteiger partial charge in [0.15, 0.2) is 11.4 Å². The number of benzene rings is 2. The number of H-pyrrole nitrogens is 1. The first kappa shape index (κ1) is 42.1. The number of aromatic amines is 1. The lowest BCUT2D eigenvalue weighted by Crippen LogP contribution is -2.24. The summed E-state index contributed by atoms with van der Waals surface area (Å²) >= 11 is 0. The fourth-order valence-corrected chi connectivity index (χ4v) is 6.98. The highest BCUT2D eigenvalue weighted by molar-refractivity contribution is 7.87. The maximum Gasteiger partial charge on any atom is 0.359 e. The molecule has 55 heavy (non-hydrogen) atoms. The molecule has 1 aliphatic rings. The maximum atomic E-state index is 13.5. The Morgan fingerprint density at radius 2 is 1.24 bits per heavy atom. The molecule has 4 rings (SSSR count). The van der Waals surface area contributed by atoms with Gasteiger partial charge in [0.05, 0.1) is 45.5 Å². The fraction of sp³-hybridized carbons (Fsp3) is 0.138. The van der Waals surface area contributed by atoms with Crippen molar-refractivity contribution in [3.8, 4) is 5.69 Å². The summed E-state index contributed by atoms with van der Waals surface area (Å²) in [4.78, 5) is 48.6. The van der Waals surface area contributed by atoms with E-state index in [4.69, 9.17) is 9.47 Å². The average Bonchev–Trinajstić information content (AvgIpc) is 3.58. The number of hydrogen-bond acceptors (Lipinski definition) is 15. The van der Waals surface area contributed by atoms with Crippen molar-refractivity contribution in [2.24, 2.45) is 5.10 Å². The molecule has 2 aromatic carbocycles. The van der Waals surface area contributed by atoms with E-state index in [1.165, 1.54) is 13.8 Å². The Labute approximate surface area is 310 Å². The third-order valence-electron chi connectivity index (χ3n) is 6.98. The van der Waals surface area contributed by atoms with Gasteiger partial charge in [0.1, 0.15) is 9.79 Å². The number of ether oxygens (including phenoxy) is 2. The summed E-state index contributed by atoms with van der Waals surface area (Å²) in [7, 11) is -20.3. The Bertz CT molecular complexity index is 2760. The van der Waals surface area contributed by atoms with Crippen molar-refractivity contribution in [2.75, 3.05) is 18.2 Å². The molecule has 294 valence electrons. The number of nitrogens with one attached hydrogen (secondary N) is 1. The first-order valence-corrected chi connectivity index (χ1v) is 20.5. The fourth-order valence-electron chi connectivity index (χ4n) is 4.67. The van der Waals surface area contributed by atoms with Crippen molar-refractivity contribution in [2.45, 2.75) is 33.4 Å². The van der Waals surface area contributed by atoms with Gasteiger partial charge in [-0.05, 0) is 62.4 Å². The number of esters is 2. The second kappa shape index (κ2) is 15.6. The smallest absolute Gasteiger partial charge is 0.359 e. The molecular weight excluding hydrogens is 821 g/mol. The van der Waals surface area contributed by atoms with Crippen LogP contribution in [0.2, 0.25) is 0 Å². The molecule has 22 nitrogen and oxygen atoms in total. The van der Waals surface area contributed by atoms with E-state index in [0.29, 0.717) is 41.1 Å². The van der Waals surface area contributed by atoms with E-state index >= 15 is 0 Å². The van der Waals surface area contributed by atoms with Crippen LogP contribution in [0.15, 0.2) is 95.8 Å². The topological polar surface area (TPSA) is 341 Å². The first-order chi connectivity index (χ1) is 25.4. The number of rotatable bonds is 13. The third kappa shape index (κ3) is 9.20. The van der Waals surface area contributed by atoms with E-state index in [9.17, 15) is 71.1 Å². The average molecular weight is 847 g/mol. The molecule has 0 bridgehead atoms. The molecule has 0 saturated carbocycles. The standard InChI is InChI=1S/C29H26N4O18S4/c1-3-50-28(36)24-18(26(34)32(30-24)20-14-16(52(38,39)40)10-12-22(20)54(44,45)46)8-6-5-7-9-19-25(29(37)51-4-2)31-33(27(19)35)21-15-17(53(41,42)43)11-13-23(21)55(47,48)49/h5-15,30H,3-4H2,1-2H3,(H,38,39,40)(H,41,42,43)(H,44,45,46)(H,47,48,49)/b7-5?,8-6?,19-9-. The number of aromatic nitrogens is 2. The molecule has 26 heteroatoms. The number of anilines is 1. The van der Waals surface area contributed by atoms with Crippen molar-refractivity contribution in [1.29, 1.82) is 0 Å². The lowest BCUT2D eigenvalue weighted by Gasteiger charge is -2.15. The van der Waals surface area contributed by atoms with Crippen LogP contribution >= 0.6 is 0 Å². The summed E-state index contributed by atoms with van der Waals surface area (Å²) in [6.45, 7) is 2.38. The Morgan fingerprint density at radius 1 is 0.727 bits per heavy atom. The summed E-state index contributed by atoms with van der Waals surface area (Å²) in [6, 6.07) is 3.38. The van der Waals surface area contributed by atoms with Crippen molar-refractivity contribution in [3.63, 3.8) is 0 Å². The first-order valence-electron chi connectivity index (χ1n) is 14.8. The predicted octanol–water partition coefficient (Wildman–Crippen LogP) is 0.791. The van der Waals surface area contributed by atoms with Gasteiger partial charge < -0.3 is 9.47 Å². The Morgan fingerprint density at radius 3 is 1.75 bits per heavy atom. The van der Waals surface area contributed by atoms with Crippen molar-refractivity contribution in [1.82, 2.24) is 9.78 Å². The van der Waals surface area contributed by atoms with Crippen LogP contribution in [0.25, 0.3) is 11.8 Å². The van der Waals surface area contributed by atoms with Gasteiger partial charge >= 0.3 is 11.9 Å². The van der Waals surface area contributed by atoms with Gasteiger partial charge in [-0.2, -0.15) is 43.8 Å². The van der Waals surface area contributed by atoms with Gasteiger partial charge in [-0.25, -0.2) is 14.3 Å². The zero-order chi connectivity index (χ0) is 41.3. The van der Waals surface area contributed by atoms with Gasteiger partial charge in [0.25, 0.3) is 51.9 Å². The monoisotopic (exact) mass is 846 g/mol. The van der Waals surface area contributed by atoms with Crippen LogP contribution in [0.3, 0.4) is 0 Å².